The van der Waals surface area contributed by atoms with E-state index in [1.807, 2.05) is 0 Å². The van der Waals surface area contributed by atoms with Gasteiger partial charge in [0.25, 0.3) is 0 Å². The number of aromatic carboxylic acids is 1. The van der Waals surface area contributed by atoms with Crippen LogP contribution < -0.4 is 5.63 Å². The second-order valence-corrected chi connectivity index (χ2v) is 2.81. The highest BCUT2D eigenvalue weighted by atomic mass is 16.4. The third-order valence-electron chi connectivity index (χ3n) is 1.87. The average molecular weight is 190 g/mol. The van der Waals surface area contributed by atoms with Gasteiger partial charge in [-0.05, 0) is 24.3 Å². The summed E-state index contributed by atoms with van der Waals surface area (Å²) >= 11 is 0. The van der Waals surface area contributed by atoms with Crippen LogP contribution in [0.15, 0.2) is 39.5 Å². The van der Waals surface area contributed by atoms with Gasteiger partial charge in [0.2, 0.25) is 0 Å². The van der Waals surface area contributed by atoms with Gasteiger partial charge in [0, 0.05) is 11.5 Å². The molecule has 0 unspecified atom stereocenters. The van der Waals surface area contributed by atoms with Crippen molar-refractivity contribution < 1.29 is 14.3 Å². The largest absolute Gasteiger partial charge is 0.478 e. The van der Waals surface area contributed by atoms with E-state index >= 15 is 0 Å². The van der Waals surface area contributed by atoms with Gasteiger partial charge < -0.3 is 9.52 Å². The Morgan fingerprint density at radius 2 is 2.00 bits per heavy atom. The van der Waals surface area contributed by atoms with Gasteiger partial charge in [-0.15, -0.1) is 0 Å². The standard InChI is InChI=1S/C10H6O4/c11-9-4-2-6-5-7(10(12)13)1-3-8(6)14-9/h1-5H,(H,12,13). The van der Waals surface area contributed by atoms with Crippen molar-refractivity contribution in [1.82, 2.24) is 0 Å². The van der Waals surface area contributed by atoms with Crippen molar-refractivity contribution in [3.8, 4) is 0 Å². The first-order chi connectivity index (χ1) is 6.66. The van der Waals surface area contributed by atoms with Crippen LogP contribution in [0, 0.1) is 0 Å². The molecule has 14 heavy (non-hydrogen) atoms. The molecule has 0 radical (unpaired) electrons. The second-order valence-electron chi connectivity index (χ2n) is 2.81. The normalized spacial score (nSPS) is 10.3. The minimum absolute atomic E-state index is 0.173. The molecule has 0 saturated carbocycles. The van der Waals surface area contributed by atoms with Gasteiger partial charge >= 0.3 is 11.6 Å². The van der Waals surface area contributed by atoms with E-state index in [4.69, 9.17) is 9.52 Å². The highest BCUT2D eigenvalue weighted by Crippen LogP contribution is 2.13. The van der Waals surface area contributed by atoms with Crippen molar-refractivity contribution in [2.45, 2.75) is 0 Å². The van der Waals surface area contributed by atoms with Crippen LogP contribution in [0.4, 0.5) is 0 Å². The molecule has 4 nitrogen and oxygen atoms in total. The Hall–Kier alpha value is -2.10. The van der Waals surface area contributed by atoms with Crippen molar-refractivity contribution in [2.24, 2.45) is 0 Å². The van der Waals surface area contributed by atoms with Gasteiger partial charge in [-0.25, -0.2) is 9.59 Å². The summed E-state index contributed by atoms with van der Waals surface area (Å²) in [6, 6.07) is 7.12. The monoisotopic (exact) mass is 190 g/mol. The van der Waals surface area contributed by atoms with E-state index in [1.54, 1.807) is 0 Å². The van der Waals surface area contributed by atoms with E-state index in [1.165, 1.54) is 30.3 Å². The van der Waals surface area contributed by atoms with E-state index in [-0.39, 0.29) is 5.56 Å². The first-order valence-corrected chi connectivity index (χ1v) is 3.94. The topological polar surface area (TPSA) is 67.5 Å². The molecule has 1 heterocycles. The van der Waals surface area contributed by atoms with Crippen LogP contribution in [0.5, 0.6) is 0 Å². The van der Waals surface area contributed by atoms with Gasteiger partial charge in [0.1, 0.15) is 5.58 Å². The molecule has 0 amide bonds. The van der Waals surface area contributed by atoms with E-state index in [0.29, 0.717) is 11.0 Å². The quantitative estimate of drug-likeness (QED) is 0.691. The van der Waals surface area contributed by atoms with Gasteiger partial charge in [0.15, 0.2) is 0 Å². The summed E-state index contributed by atoms with van der Waals surface area (Å²) in [5, 5.41) is 9.31. The van der Waals surface area contributed by atoms with Crippen LogP contribution in [0.25, 0.3) is 11.0 Å². The third kappa shape index (κ3) is 1.37. The molecule has 2 aromatic rings. The Bertz CT molecular complexity index is 553. The first kappa shape index (κ1) is 8.50. The van der Waals surface area contributed by atoms with Crippen molar-refractivity contribution >= 4 is 16.9 Å². The van der Waals surface area contributed by atoms with Crippen LogP contribution in [-0.4, -0.2) is 11.1 Å². The van der Waals surface area contributed by atoms with Gasteiger partial charge in [-0.1, -0.05) is 0 Å². The molecule has 1 N–H and O–H groups in total. The van der Waals surface area contributed by atoms with Crippen LogP contribution in [-0.2, 0) is 0 Å². The Morgan fingerprint density at radius 3 is 2.71 bits per heavy atom. The maximum Gasteiger partial charge on any atom is 0.336 e. The molecule has 4 heteroatoms. The SMILES string of the molecule is O=C(O)c1ccc2oc(=O)ccc2c1. The molecule has 1 aromatic carbocycles. The second kappa shape index (κ2) is 2.99. The summed E-state index contributed by atoms with van der Waals surface area (Å²) in [5.74, 6) is -1.00. The number of hydrogen-bond acceptors (Lipinski definition) is 3. The first-order valence-electron chi connectivity index (χ1n) is 3.94. The molecule has 0 saturated heterocycles. The Balaban J connectivity index is 2.73. The van der Waals surface area contributed by atoms with Crippen LogP contribution in [0.3, 0.4) is 0 Å². The molecule has 1 aromatic heterocycles. The zero-order valence-electron chi connectivity index (χ0n) is 7.06. The maximum absolute atomic E-state index is 10.8. The summed E-state index contributed by atoms with van der Waals surface area (Å²) < 4.78 is 4.85. The number of fused-ring (bicyclic) bond motifs is 1. The van der Waals surface area contributed by atoms with Crippen molar-refractivity contribution in [1.29, 1.82) is 0 Å². The highest BCUT2D eigenvalue weighted by Gasteiger charge is 2.04. The van der Waals surface area contributed by atoms with Crippen molar-refractivity contribution in [3.63, 3.8) is 0 Å². The third-order valence-corrected chi connectivity index (χ3v) is 1.87. The molecule has 0 aliphatic heterocycles. The van der Waals surface area contributed by atoms with Crippen LogP contribution in [0.2, 0.25) is 0 Å². The van der Waals surface area contributed by atoms with Crippen molar-refractivity contribution in [3.05, 3.63) is 46.3 Å². The molecule has 2 rings (SSSR count). The van der Waals surface area contributed by atoms with Gasteiger partial charge in [-0.2, -0.15) is 0 Å². The minimum atomic E-state index is -1.00. The van der Waals surface area contributed by atoms with Gasteiger partial charge in [0.05, 0.1) is 5.56 Å². The van der Waals surface area contributed by atoms with Gasteiger partial charge in [-0.3, -0.25) is 0 Å². The number of hydrogen-bond donors (Lipinski definition) is 1. The molecule has 0 aliphatic rings. The number of carboxylic acids is 1. The lowest BCUT2D eigenvalue weighted by molar-refractivity contribution is 0.0697. The lowest BCUT2D eigenvalue weighted by atomic mass is 10.1. The highest BCUT2D eigenvalue weighted by molar-refractivity contribution is 5.92. The molecule has 0 atom stereocenters. The maximum atomic E-state index is 10.8. The molecular weight excluding hydrogens is 184 g/mol. The van der Waals surface area contributed by atoms with E-state index in [0.717, 1.165) is 0 Å². The minimum Gasteiger partial charge on any atom is -0.478 e. The van der Waals surface area contributed by atoms with E-state index in [9.17, 15) is 9.59 Å². The van der Waals surface area contributed by atoms with Crippen LogP contribution in [0.1, 0.15) is 10.4 Å². The fourth-order valence-corrected chi connectivity index (χ4v) is 1.20. The zero-order valence-corrected chi connectivity index (χ0v) is 7.06. The smallest absolute Gasteiger partial charge is 0.336 e. The lowest BCUT2D eigenvalue weighted by Gasteiger charge is -1.97. The Morgan fingerprint density at radius 1 is 1.21 bits per heavy atom. The van der Waals surface area contributed by atoms with Crippen molar-refractivity contribution in [2.75, 3.05) is 0 Å². The van der Waals surface area contributed by atoms with Crippen LogP contribution >= 0.6 is 0 Å². The predicted octanol–water partition coefficient (Wildman–Crippen LogP) is 1.49. The summed E-state index contributed by atoms with van der Waals surface area (Å²) in [4.78, 5) is 21.4. The molecule has 0 aliphatic carbocycles. The molecular formula is C10H6O4. The van der Waals surface area contributed by atoms with E-state index < -0.39 is 11.6 Å². The average Bonchev–Trinajstić information content (AvgIpc) is 2.16. The predicted molar refractivity (Wildman–Crippen MR) is 49.4 cm³/mol. The fourth-order valence-electron chi connectivity index (χ4n) is 1.20. The molecule has 0 fully saturated rings. The Labute approximate surface area is 78.4 Å². The lowest BCUT2D eigenvalue weighted by Crippen LogP contribution is -1.98. The summed E-state index contributed by atoms with van der Waals surface area (Å²) in [6.07, 6.45) is 0. The van der Waals surface area contributed by atoms with E-state index in [2.05, 4.69) is 0 Å². The number of carboxylic acid groups (broad SMARTS) is 1. The zero-order chi connectivity index (χ0) is 10.1. The summed E-state index contributed by atoms with van der Waals surface area (Å²) in [7, 11) is 0. The molecule has 0 spiro atoms. The number of rotatable bonds is 1. The Kier molecular flexibility index (Phi) is 1.81. The number of carbonyl (C=O) groups is 1. The molecule has 70 valence electrons. The summed E-state index contributed by atoms with van der Waals surface area (Å²) in [5.41, 5.74) is 0.120. The fraction of sp³-hybridized carbons (Fsp3) is 0. The summed E-state index contributed by atoms with van der Waals surface area (Å²) in [6.45, 7) is 0. The number of benzene rings is 1. The molecule has 0 bridgehead atoms.